The maximum atomic E-state index is 13.1. The number of halogens is 3. The molecule has 0 bridgehead atoms. The van der Waals surface area contributed by atoms with E-state index in [0.717, 1.165) is 6.07 Å². The van der Waals surface area contributed by atoms with Crippen LogP contribution in [0.4, 0.5) is 13.2 Å². The molecule has 0 aliphatic rings. The second kappa shape index (κ2) is 4.67. The number of terminal acetylenes is 1. The zero-order chi connectivity index (χ0) is 15.0. The van der Waals surface area contributed by atoms with E-state index in [1.54, 1.807) is 18.2 Å². The van der Waals surface area contributed by atoms with Gasteiger partial charge in [-0.05, 0) is 23.8 Å². The molecule has 0 spiro atoms. The predicted molar refractivity (Wildman–Crippen MR) is 74.5 cm³/mol. The van der Waals surface area contributed by atoms with Crippen LogP contribution in [0, 0.1) is 12.3 Å². The van der Waals surface area contributed by atoms with E-state index in [-0.39, 0.29) is 5.56 Å². The summed E-state index contributed by atoms with van der Waals surface area (Å²) in [6.07, 6.45) is 2.38. The van der Waals surface area contributed by atoms with Gasteiger partial charge in [-0.15, -0.1) is 6.42 Å². The summed E-state index contributed by atoms with van der Waals surface area (Å²) in [7, 11) is 0. The van der Waals surface area contributed by atoms with Crippen LogP contribution in [-0.4, -0.2) is 9.97 Å². The zero-order valence-electron chi connectivity index (χ0n) is 10.7. The van der Waals surface area contributed by atoms with Crippen molar-refractivity contribution in [2.75, 3.05) is 0 Å². The number of pyridine rings is 1. The lowest BCUT2D eigenvalue weighted by Gasteiger charge is -2.11. The molecule has 0 aliphatic carbocycles. The van der Waals surface area contributed by atoms with E-state index in [9.17, 15) is 13.2 Å². The second-order valence-corrected chi connectivity index (χ2v) is 4.48. The monoisotopic (exact) mass is 286 g/mol. The summed E-state index contributed by atoms with van der Waals surface area (Å²) in [5.74, 6) is 2.39. The summed E-state index contributed by atoms with van der Waals surface area (Å²) in [4.78, 5) is 7.14. The Morgan fingerprint density at radius 3 is 2.52 bits per heavy atom. The van der Waals surface area contributed by atoms with E-state index in [2.05, 4.69) is 15.9 Å². The third-order valence-electron chi connectivity index (χ3n) is 3.19. The normalized spacial score (nSPS) is 11.5. The Bertz CT molecular complexity index is 854. The first-order chi connectivity index (χ1) is 10.0. The third kappa shape index (κ3) is 2.25. The SMILES string of the molecule is C#Cc1ccc2[nH]cc(-c3ccccc3C(F)(F)F)c2n1. The van der Waals surface area contributed by atoms with Gasteiger partial charge in [-0.2, -0.15) is 13.2 Å². The average Bonchev–Trinajstić information content (AvgIpc) is 2.89. The predicted octanol–water partition coefficient (Wildman–Crippen LogP) is 4.23. The van der Waals surface area contributed by atoms with E-state index in [4.69, 9.17) is 6.42 Å². The van der Waals surface area contributed by atoms with Crippen LogP contribution in [0.1, 0.15) is 11.3 Å². The number of benzene rings is 1. The first-order valence-corrected chi connectivity index (χ1v) is 6.12. The maximum Gasteiger partial charge on any atom is 0.417 e. The summed E-state index contributed by atoms with van der Waals surface area (Å²) >= 11 is 0. The Morgan fingerprint density at radius 2 is 1.81 bits per heavy atom. The van der Waals surface area contributed by atoms with Crippen molar-refractivity contribution in [3.8, 4) is 23.5 Å². The Kier molecular flexibility index (Phi) is 2.95. The number of hydrogen-bond acceptors (Lipinski definition) is 1. The number of alkyl halides is 3. The van der Waals surface area contributed by atoms with Gasteiger partial charge < -0.3 is 4.98 Å². The highest BCUT2D eigenvalue weighted by Gasteiger charge is 2.33. The van der Waals surface area contributed by atoms with E-state index in [0.29, 0.717) is 22.3 Å². The smallest absolute Gasteiger partial charge is 0.359 e. The van der Waals surface area contributed by atoms with Crippen LogP contribution in [0.15, 0.2) is 42.6 Å². The highest BCUT2D eigenvalue weighted by atomic mass is 19.4. The van der Waals surface area contributed by atoms with Gasteiger partial charge >= 0.3 is 6.18 Å². The second-order valence-electron chi connectivity index (χ2n) is 4.48. The van der Waals surface area contributed by atoms with Crippen molar-refractivity contribution in [1.29, 1.82) is 0 Å². The summed E-state index contributed by atoms with van der Waals surface area (Å²) < 4.78 is 39.4. The van der Waals surface area contributed by atoms with Gasteiger partial charge in [0.25, 0.3) is 0 Å². The number of aromatic nitrogens is 2. The van der Waals surface area contributed by atoms with Crippen LogP contribution in [0.25, 0.3) is 22.2 Å². The van der Waals surface area contributed by atoms with E-state index in [1.807, 2.05) is 0 Å². The lowest BCUT2D eigenvalue weighted by Crippen LogP contribution is -2.06. The van der Waals surface area contributed by atoms with E-state index >= 15 is 0 Å². The van der Waals surface area contributed by atoms with Gasteiger partial charge in [-0.25, -0.2) is 4.98 Å². The van der Waals surface area contributed by atoms with Gasteiger partial charge in [-0.3, -0.25) is 0 Å². The molecule has 0 atom stereocenters. The van der Waals surface area contributed by atoms with Crippen LogP contribution >= 0.6 is 0 Å². The number of nitrogens with one attached hydrogen (secondary N) is 1. The number of fused-ring (bicyclic) bond motifs is 1. The minimum Gasteiger partial charge on any atom is -0.359 e. The largest absolute Gasteiger partial charge is 0.417 e. The molecule has 1 N–H and O–H groups in total. The molecule has 0 radical (unpaired) electrons. The Hall–Kier alpha value is -2.74. The minimum atomic E-state index is -4.43. The fraction of sp³-hybridized carbons (Fsp3) is 0.0625. The van der Waals surface area contributed by atoms with Crippen molar-refractivity contribution < 1.29 is 13.2 Å². The first kappa shape index (κ1) is 13.3. The molecule has 5 heteroatoms. The van der Waals surface area contributed by atoms with Gasteiger partial charge in [0.05, 0.1) is 16.6 Å². The van der Waals surface area contributed by atoms with Crippen LogP contribution in [0.5, 0.6) is 0 Å². The molecular formula is C16H9F3N2. The van der Waals surface area contributed by atoms with Crippen molar-refractivity contribution in [1.82, 2.24) is 9.97 Å². The lowest BCUT2D eigenvalue weighted by molar-refractivity contribution is -0.137. The Labute approximate surface area is 118 Å². The van der Waals surface area contributed by atoms with Crippen molar-refractivity contribution in [3.63, 3.8) is 0 Å². The van der Waals surface area contributed by atoms with E-state index < -0.39 is 11.7 Å². The van der Waals surface area contributed by atoms with Crippen molar-refractivity contribution in [2.24, 2.45) is 0 Å². The number of rotatable bonds is 1. The fourth-order valence-corrected chi connectivity index (χ4v) is 2.25. The van der Waals surface area contributed by atoms with Crippen LogP contribution in [0.3, 0.4) is 0 Å². The number of hydrogen-bond donors (Lipinski definition) is 1. The van der Waals surface area contributed by atoms with Gasteiger partial charge in [0.2, 0.25) is 0 Å². The summed E-state index contributed by atoms with van der Waals surface area (Å²) in [5, 5.41) is 0. The molecular weight excluding hydrogens is 277 g/mol. The Balaban J connectivity index is 2.29. The van der Waals surface area contributed by atoms with Crippen molar-refractivity contribution in [2.45, 2.75) is 6.18 Å². The molecule has 0 amide bonds. The molecule has 0 fully saturated rings. The molecule has 104 valence electrons. The molecule has 0 saturated carbocycles. The maximum absolute atomic E-state index is 13.1. The fourth-order valence-electron chi connectivity index (χ4n) is 2.25. The molecule has 0 aliphatic heterocycles. The van der Waals surface area contributed by atoms with E-state index in [1.165, 1.54) is 18.3 Å². The number of H-pyrrole nitrogens is 1. The van der Waals surface area contributed by atoms with Gasteiger partial charge in [0.15, 0.2) is 0 Å². The highest BCUT2D eigenvalue weighted by Crippen LogP contribution is 2.38. The summed E-state index contributed by atoms with van der Waals surface area (Å²) in [5.41, 5.74) is 1.22. The molecule has 3 aromatic rings. The Morgan fingerprint density at radius 1 is 1.05 bits per heavy atom. The molecule has 3 rings (SSSR count). The van der Waals surface area contributed by atoms with Crippen LogP contribution in [0.2, 0.25) is 0 Å². The molecule has 2 nitrogen and oxygen atoms in total. The molecule has 0 saturated heterocycles. The van der Waals surface area contributed by atoms with Crippen molar-refractivity contribution >= 4 is 11.0 Å². The standard InChI is InChI=1S/C16H9F3N2/c1-2-10-7-8-14-15(21-10)12(9-20-14)11-5-3-4-6-13(11)16(17,18)19/h1,3-9,20H. The molecule has 2 heterocycles. The molecule has 2 aromatic heterocycles. The molecule has 1 aromatic carbocycles. The zero-order valence-corrected chi connectivity index (χ0v) is 10.7. The van der Waals surface area contributed by atoms with Gasteiger partial charge in [-0.1, -0.05) is 24.1 Å². The lowest BCUT2D eigenvalue weighted by atomic mass is 10.0. The minimum absolute atomic E-state index is 0.0814. The highest BCUT2D eigenvalue weighted by molar-refractivity contribution is 5.93. The van der Waals surface area contributed by atoms with Gasteiger partial charge in [0.1, 0.15) is 5.69 Å². The summed E-state index contributed by atoms with van der Waals surface area (Å²) in [6.45, 7) is 0. The molecule has 0 unspecified atom stereocenters. The first-order valence-electron chi connectivity index (χ1n) is 6.12. The number of nitrogens with zero attached hydrogens (tertiary/aromatic N) is 1. The quantitative estimate of drug-likeness (QED) is 0.666. The average molecular weight is 286 g/mol. The summed E-state index contributed by atoms with van der Waals surface area (Å²) in [6, 6.07) is 8.75. The van der Waals surface area contributed by atoms with Crippen LogP contribution in [-0.2, 0) is 6.18 Å². The van der Waals surface area contributed by atoms with Gasteiger partial charge in [0, 0.05) is 11.8 Å². The van der Waals surface area contributed by atoms with Crippen molar-refractivity contribution in [3.05, 3.63) is 53.9 Å². The topological polar surface area (TPSA) is 28.7 Å². The number of aromatic amines is 1. The third-order valence-corrected chi connectivity index (χ3v) is 3.19. The molecule has 21 heavy (non-hydrogen) atoms. The van der Waals surface area contributed by atoms with Crippen LogP contribution < -0.4 is 0 Å².